The van der Waals surface area contributed by atoms with Crippen molar-refractivity contribution in [3.63, 3.8) is 0 Å². The molecule has 20 heavy (non-hydrogen) atoms. The molecule has 0 bridgehead atoms. The van der Waals surface area contributed by atoms with E-state index in [9.17, 15) is 4.79 Å². The average molecular weight is 287 g/mol. The third kappa shape index (κ3) is 5.04. The molecule has 0 aliphatic heterocycles. The molecule has 0 amide bonds. The molecule has 1 saturated carbocycles. The largest absolute Gasteiger partial charge is 0.468 e. The lowest BCUT2D eigenvalue weighted by Gasteiger charge is -2.34. The minimum atomic E-state index is -0.701. The Bertz CT molecular complexity index is 292. The van der Waals surface area contributed by atoms with Gasteiger partial charge in [0.15, 0.2) is 0 Å². The summed E-state index contributed by atoms with van der Waals surface area (Å²) in [5.74, 6) is 0.0945. The summed E-state index contributed by atoms with van der Waals surface area (Å²) in [5.41, 5.74) is -0.701. The summed E-state index contributed by atoms with van der Waals surface area (Å²) in [4.78, 5) is 12.2. The van der Waals surface area contributed by atoms with Crippen LogP contribution in [0.15, 0.2) is 0 Å². The van der Waals surface area contributed by atoms with E-state index in [1.165, 1.54) is 7.11 Å². The molecule has 0 aromatic rings. The topological polar surface area (TPSA) is 56.8 Å². The van der Waals surface area contributed by atoms with Gasteiger partial charge in [-0.3, -0.25) is 5.32 Å². The van der Waals surface area contributed by atoms with Crippen molar-refractivity contribution in [1.82, 2.24) is 5.32 Å². The summed E-state index contributed by atoms with van der Waals surface area (Å²) in [6.45, 7) is 8.30. The highest BCUT2D eigenvalue weighted by Gasteiger charge is 2.52. The van der Waals surface area contributed by atoms with Crippen molar-refractivity contribution < 1.29 is 19.0 Å². The van der Waals surface area contributed by atoms with Crippen LogP contribution in [0.2, 0.25) is 0 Å². The maximum absolute atomic E-state index is 12.2. The fourth-order valence-electron chi connectivity index (χ4n) is 2.43. The van der Waals surface area contributed by atoms with Crippen molar-refractivity contribution in [2.24, 2.45) is 5.92 Å². The Morgan fingerprint density at radius 1 is 1.25 bits per heavy atom. The van der Waals surface area contributed by atoms with Crippen LogP contribution in [-0.2, 0) is 19.0 Å². The minimum Gasteiger partial charge on any atom is -0.468 e. The first kappa shape index (κ1) is 17.4. The molecule has 1 unspecified atom stereocenters. The highest BCUT2D eigenvalue weighted by Crippen LogP contribution is 2.41. The van der Waals surface area contributed by atoms with Crippen LogP contribution < -0.4 is 5.32 Å². The zero-order valence-corrected chi connectivity index (χ0v) is 13.2. The van der Waals surface area contributed by atoms with Crippen LogP contribution in [0.1, 0.15) is 40.0 Å². The van der Waals surface area contributed by atoms with Gasteiger partial charge in [0.2, 0.25) is 0 Å². The van der Waals surface area contributed by atoms with Crippen LogP contribution in [0.4, 0.5) is 0 Å². The Morgan fingerprint density at radius 2 is 1.90 bits per heavy atom. The number of carbonyl (C=O) groups is 1. The Balaban J connectivity index is 2.51. The quantitative estimate of drug-likeness (QED) is 0.463. The van der Waals surface area contributed by atoms with E-state index in [-0.39, 0.29) is 12.0 Å². The van der Waals surface area contributed by atoms with E-state index in [0.717, 1.165) is 25.9 Å². The molecular weight excluding hydrogens is 258 g/mol. The number of rotatable bonds is 11. The molecule has 1 aliphatic rings. The van der Waals surface area contributed by atoms with Gasteiger partial charge in [0.05, 0.1) is 26.9 Å². The molecule has 0 aromatic carbocycles. The molecule has 1 atom stereocenters. The van der Waals surface area contributed by atoms with Gasteiger partial charge in [-0.15, -0.1) is 0 Å². The number of esters is 1. The maximum atomic E-state index is 12.2. The smallest absolute Gasteiger partial charge is 0.328 e. The summed E-state index contributed by atoms with van der Waals surface area (Å²) < 4.78 is 16.1. The molecule has 5 heteroatoms. The number of ether oxygens (including phenoxy) is 3. The first-order valence-electron chi connectivity index (χ1n) is 7.58. The zero-order valence-electron chi connectivity index (χ0n) is 13.2. The molecule has 0 saturated heterocycles. The van der Waals surface area contributed by atoms with Gasteiger partial charge in [-0.1, -0.05) is 6.92 Å². The van der Waals surface area contributed by atoms with Crippen LogP contribution in [0.3, 0.4) is 0 Å². The molecule has 0 radical (unpaired) electrons. The second-order valence-electron chi connectivity index (χ2n) is 5.70. The monoisotopic (exact) mass is 287 g/mol. The maximum Gasteiger partial charge on any atom is 0.328 e. The molecule has 1 N–H and O–H groups in total. The van der Waals surface area contributed by atoms with Crippen LogP contribution in [0.5, 0.6) is 0 Å². The molecule has 118 valence electrons. The van der Waals surface area contributed by atoms with Crippen molar-refractivity contribution in [2.45, 2.75) is 51.6 Å². The number of hydrogen-bond donors (Lipinski definition) is 1. The summed E-state index contributed by atoms with van der Waals surface area (Å²) in [7, 11) is 1.44. The van der Waals surface area contributed by atoms with Gasteiger partial charge in [0.1, 0.15) is 5.54 Å². The molecule has 5 nitrogen and oxygen atoms in total. The van der Waals surface area contributed by atoms with Gasteiger partial charge in [-0.2, -0.15) is 0 Å². The average Bonchev–Trinajstić information content (AvgIpc) is 3.24. The SMILES string of the molecule is CCCOCCOCC(NC(C)C)(C(=O)OC)C1CC1. The fourth-order valence-corrected chi connectivity index (χ4v) is 2.43. The second-order valence-corrected chi connectivity index (χ2v) is 5.70. The summed E-state index contributed by atoms with van der Waals surface area (Å²) in [6.07, 6.45) is 3.10. The van der Waals surface area contributed by atoms with Crippen LogP contribution in [0, 0.1) is 5.92 Å². The molecule has 0 heterocycles. The summed E-state index contributed by atoms with van der Waals surface area (Å²) in [6, 6.07) is 0.203. The van der Waals surface area contributed by atoms with E-state index in [1.54, 1.807) is 0 Å². The van der Waals surface area contributed by atoms with E-state index < -0.39 is 5.54 Å². The Kier molecular flexibility index (Phi) is 7.48. The van der Waals surface area contributed by atoms with Gasteiger partial charge in [0.25, 0.3) is 0 Å². The van der Waals surface area contributed by atoms with Crippen molar-refractivity contribution in [2.75, 3.05) is 33.5 Å². The Morgan fingerprint density at radius 3 is 2.40 bits per heavy atom. The van der Waals surface area contributed by atoms with Gasteiger partial charge >= 0.3 is 5.97 Å². The summed E-state index contributed by atoms with van der Waals surface area (Å²) >= 11 is 0. The molecule has 1 aliphatic carbocycles. The lowest BCUT2D eigenvalue weighted by molar-refractivity contribution is -0.153. The Hall–Kier alpha value is -0.650. The molecular formula is C15H29NO4. The Labute approximate surface area is 122 Å². The third-order valence-electron chi connectivity index (χ3n) is 3.42. The number of hydrogen-bond acceptors (Lipinski definition) is 5. The third-order valence-corrected chi connectivity index (χ3v) is 3.42. The highest BCUT2D eigenvalue weighted by atomic mass is 16.5. The molecule has 0 aromatic heterocycles. The first-order chi connectivity index (χ1) is 9.56. The molecule has 0 spiro atoms. The van der Waals surface area contributed by atoms with E-state index in [1.807, 2.05) is 13.8 Å². The standard InChI is InChI=1S/C15H29NO4/c1-5-8-19-9-10-20-11-15(13-6-7-13,14(17)18-4)16-12(2)3/h12-13,16H,5-11H2,1-4H3. The predicted octanol–water partition coefficient (Wildman–Crippen LogP) is 1.75. The van der Waals surface area contributed by atoms with Crippen molar-refractivity contribution >= 4 is 5.97 Å². The van der Waals surface area contributed by atoms with Crippen molar-refractivity contribution in [3.05, 3.63) is 0 Å². The fraction of sp³-hybridized carbons (Fsp3) is 0.933. The highest BCUT2D eigenvalue weighted by molar-refractivity contribution is 5.82. The number of methoxy groups -OCH3 is 1. The van der Waals surface area contributed by atoms with E-state index in [4.69, 9.17) is 14.2 Å². The van der Waals surface area contributed by atoms with Crippen molar-refractivity contribution in [1.29, 1.82) is 0 Å². The van der Waals surface area contributed by atoms with E-state index in [2.05, 4.69) is 12.2 Å². The van der Waals surface area contributed by atoms with E-state index >= 15 is 0 Å². The lowest BCUT2D eigenvalue weighted by atomic mass is 9.93. The van der Waals surface area contributed by atoms with Gasteiger partial charge in [0, 0.05) is 12.6 Å². The van der Waals surface area contributed by atoms with Gasteiger partial charge in [-0.05, 0) is 39.0 Å². The normalized spacial score (nSPS) is 18.1. The van der Waals surface area contributed by atoms with Crippen LogP contribution in [-0.4, -0.2) is 51.1 Å². The lowest BCUT2D eigenvalue weighted by Crippen LogP contribution is -2.60. The van der Waals surface area contributed by atoms with Gasteiger partial charge < -0.3 is 14.2 Å². The minimum absolute atomic E-state index is 0.203. The molecule has 1 fully saturated rings. The zero-order chi connectivity index (χ0) is 15.0. The van der Waals surface area contributed by atoms with Crippen LogP contribution in [0.25, 0.3) is 0 Å². The molecule has 1 rings (SSSR count). The summed E-state index contributed by atoms with van der Waals surface area (Å²) in [5, 5.41) is 3.37. The van der Waals surface area contributed by atoms with E-state index in [0.29, 0.717) is 25.7 Å². The number of nitrogens with one attached hydrogen (secondary N) is 1. The first-order valence-corrected chi connectivity index (χ1v) is 7.58. The van der Waals surface area contributed by atoms with Crippen LogP contribution >= 0.6 is 0 Å². The van der Waals surface area contributed by atoms with Crippen molar-refractivity contribution in [3.8, 4) is 0 Å². The number of carbonyl (C=O) groups excluding carboxylic acids is 1. The predicted molar refractivity (Wildman–Crippen MR) is 77.7 cm³/mol. The second kappa shape index (κ2) is 8.60. The van der Waals surface area contributed by atoms with Gasteiger partial charge in [-0.25, -0.2) is 4.79 Å².